The zero-order chi connectivity index (χ0) is 21.2. The molecule has 0 aliphatic rings. The molecule has 0 atom stereocenters. The molecule has 1 aromatic heterocycles. The van der Waals surface area contributed by atoms with Crippen LogP contribution in [0.3, 0.4) is 0 Å². The van der Waals surface area contributed by atoms with Crippen LogP contribution in [0, 0.1) is 5.82 Å². The number of hydrogen-bond donors (Lipinski definition) is 2. The smallest absolute Gasteiger partial charge is 0.246 e. The van der Waals surface area contributed by atoms with Crippen molar-refractivity contribution in [3.05, 3.63) is 71.0 Å². The fraction of sp³-hybridized carbons (Fsp3) is 0.304. The fourth-order valence-electron chi connectivity index (χ4n) is 2.92. The molecule has 0 spiro atoms. The quantitative estimate of drug-likeness (QED) is 0.434. The Kier molecular flexibility index (Phi) is 8.35. The number of thiazole rings is 1. The van der Waals surface area contributed by atoms with Crippen molar-refractivity contribution in [2.24, 2.45) is 0 Å². The summed E-state index contributed by atoms with van der Waals surface area (Å²) in [6.07, 6.45) is 3.78. The number of rotatable bonds is 11. The van der Waals surface area contributed by atoms with Gasteiger partial charge in [-0.1, -0.05) is 30.7 Å². The van der Waals surface area contributed by atoms with E-state index in [1.54, 1.807) is 35.6 Å². The summed E-state index contributed by atoms with van der Waals surface area (Å²) in [4.78, 5) is 16.4. The number of carbonyl (C=O) groups is 1. The van der Waals surface area contributed by atoms with Crippen molar-refractivity contribution < 1.29 is 19.0 Å². The fourth-order valence-corrected chi connectivity index (χ4v) is 3.77. The molecule has 158 valence electrons. The maximum atomic E-state index is 12.8. The SMILES string of the molecule is O=C(COCc1ccc(F)cc1)NCCCCCc1csc(-c2cccc(O)c2)n1. The third-order valence-electron chi connectivity index (χ3n) is 4.49. The van der Waals surface area contributed by atoms with Crippen LogP contribution in [0.2, 0.25) is 0 Å². The molecule has 1 heterocycles. The number of amides is 1. The van der Waals surface area contributed by atoms with Crippen molar-refractivity contribution in [1.82, 2.24) is 10.3 Å². The second kappa shape index (κ2) is 11.4. The van der Waals surface area contributed by atoms with Crippen LogP contribution >= 0.6 is 11.3 Å². The Bertz CT molecular complexity index is 944. The molecule has 0 fully saturated rings. The number of aromatic hydroxyl groups is 1. The number of hydrogen-bond acceptors (Lipinski definition) is 5. The van der Waals surface area contributed by atoms with Gasteiger partial charge in [0.25, 0.3) is 0 Å². The average Bonchev–Trinajstić information content (AvgIpc) is 3.21. The number of phenolic OH excluding ortho intramolecular Hbond substituents is 1. The first-order valence-electron chi connectivity index (χ1n) is 9.93. The van der Waals surface area contributed by atoms with E-state index in [4.69, 9.17) is 4.74 Å². The predicted molar refractivity (Wildman–Crippen MR) is 116 cm³/mol. The largest absolute Gasteiger partial charge is 0.508 e. The maximum absolute atomic E-state index is 12.8. The molecule has 0 saturated carbocycles. The lowest BCUT2D eigenvalue weighted by Crippen LogP contribution is -2.28. The highest BCUT2D eigenvalue weighted by atomic mass is 32.1. The third kappa shape index (κ3) is 7.24. The molecule has 0 aliphatic heterocycles. The second-order valence-corrected chi connectivity index (χ2v) is 7.83. The third-order valence-corrected chi connectivity index (χ3v) is 5.43. The van der Waals surface area contributed by atoms with Gasteiger partial charge in [0, 0.05) is 17.5 Å². The minimum Gasteiger partial charge on any atom is -0.508 e. The normalized spacial score (nSPS) is 10.8. The van der Waals surface area contributed by atoms with E-state index in [0.717, 1.165) is 47.5 Å². The van der Waals surface area contributed by atoms with E-state index in [1.165, 1.54) is 12.1 Å². The Hall–Kier alpha value is -2.77. The van der Waals surface area contributed by atoms with Gasteiger partial charge in [-0.2, -0.15) is 0 Å². The number of benzene rings is 2. The molecule has 2 aromatic carbocycles. The zero-order valence-corrected chi connectivity index (χ0v) is 17.5. The number of halogens is 1. The van der Waals surface area contributed by atoms with E-state index >= 15 is 0 Å². The molecule has 1 amide bonds. The molecule has 0 radical (unpaired) electrons. The van der Waals surface area contributed by atoms with Crippen LogP contribution in [-0.2, 0) is 22.6 Å². The van der Waals surface area contributed by atoms with Gasteiger partial charge >= 0.3 is 0 Å². The molecule has 0 bridgehead atoms. The first kappa shape index (κ1) is 21.9. The topological polar surface area (TPSA) is 71.5 Å². The number of ether oxygens (including phenoxy) is 1. The van der Waals surface area contributed by atoms with Gasteiger partial charge in [-0.15, -0.1) is 11.3 Å². The van der Waals surface area contributed by atoms with Crippen molar-refractivity contribution in [3.8, 4) is 16.3 Å². The molecule has 3 aromatic rings. The minimum absolute atomic E-state index is 0.00594. The second-order valence-electron chi connectivity index (χ2n) is 6.97. The van der Waals surface area contributed by atoms with Gasteiger partial charge in [0.1, 0.15) is 23.2 Å². The summed E-state index contributed by atoms with van der Waals surface area (Å²) >= 11 is 1.58. The van der Waals surface area contributed by atoms with E-state index in [2.05, 4.69) is 15.7 Å². The highest BCUT2D eigenvalue weighted by Gasteiger charge is 2.06. The number of nitrogens with zero attached hydrogens (tertiary/aromatic N) is 1. The molecule has 2 N–H and O–H groups in total. The molecular formula is C23H25FN2O3S. The lowest BCUT2D eigenvalue weighted by atomic mass is 10.1. The number of carbonyl (C=O) groups excluding carboxylic acids is 1. The summed E-state index contributed by atoms with van der Waals surface area (Å²) in [5, 5.41) is 15.4. The summed E-state index contributed by atoms with van der Waals surface area (Å²) < 4.78 is 18.2. The van der Waals surface area contributed by atoms with Crippen LogP contribution < -0.4 is 5.32 Å². The van der Waals surface area contributed by atoms with Crippen LogP contribution in [0.25, 0.3) is 10.6 Å². The van der Waals surface area contributed by atoms with E-state index in [9.17, 15) is 14.3 Å². The summed E-state index contributed by atoms with van der Waals surface area (Å²) in [6.45, 7) is 0.893. The Labute approximate surface area is 179 Å². The Morgan fingerprint density at radius 1 is 1.13 bits per heavy atom. The monoisotopic (exact) mass is 428 g/mol. The molecule has 0 aliphatic carbocycles. The first-order valence-corrected chi connectivity index (χ1v) is 10.8. The van der Waals surface area contributed by atoms with Crippen molar-refractivity contribution in [3.63, 3.8) is 0 Å². The van der Waals surface area contributed by atoms with Crippen LogP contribution in [0.1, 0.15) is 30.5 Å². The average molecular weight is 429 g/mol. The summed E-state index contributed by atoms with van der Waals surface area (Å²) in [7, 11) is 0. The molecular weight excluding hydrogens is 403 g/mol. The summed E-state index contributed by atoms with van der Waals surface area (Å²) in [5.41, 5.74) is 2.81. The molecule has 30 heavy (non-hydrogen) atoms. The Morgan fingerprint density at radius 2 is 1.97 bits per heavy atom. The number of nitrogens with one attached hydrogen (secondary N) is 1. The Balaban J connectivity index is 1.25. The Morgan fingerprint density at radius 3 is 2.77 bits per heavy atom. The van der Waals surface area contributed by atoms with Gasteiger partial charge < -0.3 is 15.2 Å². The molecule has 3 rings (SSSR count). The van der Waals surface area contributed by atoms with Gasteiger partial charge in [-0.25, -0.2) is 9.37 Å². The molecule has 0 saturated heterocycles. The van der Waals surface area contributed by atoms with Gasteiger partial charge in [-0.05, 0) is 49.1 Å². The van der Waals surface area contributed by atoms with Crippen molar-refractivity contribution in [2.75, 3.05) is 13.2 Å². The van der Waals surface area contributed by atoms with E-state index < -0.39 is 0 Å². The number of aryl methyl sites for hydroxylation is 1. The van der Waals surface area contributed by atoms with Crippen molar-refractivity contribution >= 4 is 17.2 Å². The number of phenols is 1. The standard InChI is InChI=1S/C23H25FN2O3S/c24-19-10-8-17(9-11-19)14-29-15-22(28)25-12-3-1-2-6-20-16-30-23(26-20)18-5-4-7-21(27)13-18/h4-5,7-11,13,16,27H,1-3,6,12,14-15H2,(H,25,28). The van der Waals surface area contributed by atoms with Crippen LogP contribution in [0.5, 0.6) is 5.75 Å². The molecule has 5 nitrogen and oxygen atoms in total. The maximum Gasteiger partial charge on any atom is 0.246 e. The molecule has 0 unspecified atom stereocenters. The van der Waals surface area contributed by atoms with Gasteiger partial charge in [0.15, 0.2) is 0 Å². The lowest BCUT2D eigenvalue weighted by Gasteiger charge is -2.06. The van der Waals surface area contributed by atoms with Crippen LogP contribution in [0.15, 0.2) is 53.9 Å². The van der Waals surface area contributed by atoms with Crippen LogP contribution in [-0.4, -0.2) is 29.1 Å². The number of aromatic nitrogens is 1. The van der Waals surface area contributed by atoms with E-state index in [0.29, 0.717) is 6.54 Å². The summed E-state index contributed by atoms with van der Waals surface area (Å²) in [6, 6.07) is 13.1. The van der Waals surface area contributed by atoms with E-state index in [-0.39, 0.29) is 30.7 Å². The predicted octanol–water partition coefficient (Wildman–Crippen LogP) is 4.70. The van der Waals surface area contributed by atoms with Gasteiger partial charge in [-0.3, -0.25) is 4.79 Å². The van der Waals surface area contributed by atoms with Gasteiger partial charge in [0.05, 0.1) is 12.3 Å². The van der Waals surface area contributed by atoms with Crippen LogP contribution in [0.4, 0.5) is 4.39 Å². The molecule has 7 heteroatoms. The highest BCUT2D eigenvalue weighted by molar-refractivity contribution is 7.13. The zero-order valence-electron chi connectivity index (χ0n) is 16.6. The summed E-state index contributed by atoms with van der Waals surface area (Å²) in [5.74, 6) is -0.192. The first-order chi connectivity index (χ1) is 14.6. The minimum atomic E-state index is -0.289. The van der Waals surface area contributed by atoms with Crippen molar-refractivity contribution in [2.45, 2.75) is 32.3 Å². The number of unbranched alkanes of at least 4 members (excludes halogenated alkanes) is 2. The highest BCUT2D eigenvalue weighted by Crippen LogP contribution is 2.26. The van der Waals surface area contributed by atoms with Gasteiger partial charge in [0.2, 0.25) is 5.91 Å². The lowest BCUT2D eigenvalue weighted by molar-refractivity contribution is -0.126. The van der Waals surface area contributed by atoms with E-state index in [1.807, 2.05) is 12.1 Å². The van der Waals surface area contributed by atoms with Crippen molar-refractivity contribution in [1.29, 1.82) is 0 Å².